The molecule has 2 heterocycles. The predicted molar refractivity (Wildman–Crippen MR) is 93.3 cm³/mol. The minimum Gasteiger partial charge on any atom is -0.453 e. The molecule has 0 amide bonds. The van der Waals surface area contributed by atoms with Crippen LogP contribution in [0.3, 0.4) is 0 Å². The van der Waals surface area contributed by atoms with Gasteiger partial charge in [-0.15, -0.1) is 5.10 Å². The van der Waals surface area contributed by atoms with Gasteiger partial charge in [0.15, 0.2) is 18.1 Å². The standard InChI is InChI=1S/C16H18N8O2/c1-23(2)16-19-13(18-15(17)20-16)10-26-14(25)12-9-24(22-21-12)8-11-6-4-3-5-7-11/h3-7,9H,8,10H2,1-2H3,(H2,17,18,19,20). The van der Waals surface area contributed by atoms with Crippen LogP contribution in [0.1, 0.15) is 21.9 Å². The average Bonchev–Trinajstić information content (AvgIpc) is 3.08. The van der Waals surface area contributed by atoms with E-state index in [1.165, 1.54) is 6.20 Å². The molecule has 0 radical (unpaired) electrons. The highest BCUT2D eigenvalue weighted by Crippen LogP contribution is 2.08. The molecule has 0 unspecified atom stereocenters. The second-order valence-electron chi connectivity index (χ2n) is 5.67. The van der Waals surface area contributed by atoms with E-state index >= 15 is 0 Å². The number of nitrogens with zero attached hydrogens (tertiary/aromatic N) is 7. The van der Waals surface area contributed by atoms with Crippen LogP contribution in [0, 0.1) is 0 Å². The van der Waals surface area contributed by atoms with Crippen LogP contribution in [0.25, 0.3) is 0 Å². The Morgan fingerprint density at radius 1 is 1.19 bits per heavy atom. The fourth-order valence-corrected chi connectivity index (χ4v) is 2.13. The molecule has 0 bridgehead atoms. The summed E-state index contributed by atoms with van der Waals surface area (Å²) in [5.74, 6) is 0.0850. The van der Waals surface area contributed by atoms with Gasteiger partial charge in [-0.3, -0.25) is 0 Å². The van der Waals surface area contributed by atoms with Crippen LogP contribution >= 0.6 is 0 Å². The molecule has 0 fully saturated rings. The maximum Gasteiger partial charge on any atom is 0.360 e. The summed E-state index contributed by atoms with van der Waals surface area (Å²) >= 11 is 0. The molecule has 26 heavy (non-hydrogen) atoms. The molecule has 2 N–H and O–H groups in total. The van der Waals surface area contributed by atoms with Crippen molar-refractivity contribution in [3.8, 4) is 0 Å². The van der Waals surface area contributed by atoms with E-state index in [1.54, 1.807) is 23.7 Å². The normalized spacial score (nSPS) is 10.5. The lowest BCUT2D eigenvalue weighted by molar-refractivity contribution is 0.0455. The molecule has 0 atom stereocenters. The Morgan fingerprint density at radius 2 is 1.96 bits per heavy atom. The minimum absolute atomic E-state index is 0.0588. The highest BCUT2D eigenvalue weighted by atomic mass is 16.5. The number of anilines is 2. The van der Waals surface area contributed by atoms with E-state index in [9.17, 15) is 4.79 Å². The fourth-order valence-electron chi connectivity index (χ4n) is 2.13. The van der Waals surface area contributed by atoms with Crippen molar-refractivity contribution in [3.05, 3.63) is 53.6 Å². The van der Waals surface area contributed by atoms with Crippen molar-refractivity contribution in [3.63, 3.8) is 0 Å². The van der Waals surface area contributed by atoms with E-state index < -0.39 is 5.97 Å². The summed E-state index contributed by atoms with van der Waals surface area (Å²) in [5.41, 5.74) is 6.79. The van der Waals surface area contributed by atoms with E-state index in [0.29, 0.717) is 12.5 Å². The van der Waals surface area contributed by atoms with Crippen molar-refractivity contribution in [1.82, 2.24) is 29.9 Å². The number of rotatable bonds is 6. The van der Waals surface area contributed by atoms with Gasteiger partial charge in [-0.1, -0.05) is 35.5 Å². The number of carbonyl (C=O) groups excluding carboxylic acids is 1. The van der Waals surface area contributed by atoms with Crippen molar-refractivity contribution in [2.24, 2.45) is 0 Å². The van der Waals surface area contributed by atoms with Gasteiger partial charge in [-0.05, 0) is 5.56 Å². The van der Waals surface area contributed by atoms with Crippen molar-refractivity contribution < 1.29 is 9.53 Å². The highest BCUT2D eigenvalue weighted by molar-refractivity contribution is 5.86. The number of nitrogens with two attached hydrogens (primary N) is 1. The molecular weight excluding hydrogens is 336 g/mol. The average molecular weight is 354 g/mol. The van der Waals surface area contributed by atoms with Crippen LogP contribution in [0.4, 0.5) is 11.9 Å². The van der Waals surface area contributed by atoms with Gasteiger partial charge in [0.2, 0.25) is 11.9 Å². The maximum atomic E-state index is 12.1. The third-order valence-corrected chi connectivity index (χ3v) is 3.35. The zero-order valence-electron chi connectivity index (χ0n) is 14.4. The first-order chi connectivity index (χ1) is 12.5. The van der Waals surface area contributed by atoms with Gasteiger partial charge in [0.25, 0.3) is 0 Å². The Morgan fingerprint density at radius 3 is 2.69 bits per heavy atom. The van der Waals surface area contributed by atoms with Gasteiger partial charge in [0.1, 0.15) is 0 Å². The molecule has 0 saturated heterocycles. The number of esters is 1. The summed E-state index contributed by atoms with van der Waals surface area (Å²) in [6, 6.07) is 9.73. The van der Waals surface area contributed by atoms with Gasteiger partial charge >= 0.3 is 5.97 Å². The van der Waals surface area contributed by atoms with E-state index in [0.717, 1.165) is 5.56 Å². The molecule has 134 valence electrons. The molecule has 0 aliphatic heterocycles. The van der Waals surface area contributed by atoms with Crippen LogP contribution in [0.15, 0.2) is 36.5 Å². The van der Waals surface area contributed by atoms with Gasteiger partial charge in [0, 0.05) is 14.1 Å². The highest BCUT2D eigenvalue weighted by Gasteiger charge is 2.14. The van der Waals surface area contributed by atoms with Crippen LogP contribution in [-0.2, 0) is 17.9 Å². The third kappa shape index (κ3) is 4.29. The predicted octanol–water partition coefficient (Wildman–Crippen LogP) is 0.517. The summed E-state index contributed by atoms with van der Waals surface area (Å²) in [5, 5.41) is 7.78. The zero-order valence-corrected chi connectivity index (χ0v) is 14.4. The second-order valence-corrected chi connectivity index (χ2v) is 5.67. The SMILES string of the molecule is CN(C)c1nc(N)nc(COC(=O)c2cn(Cc3ccccc3)nn2)n1. The Kier molecular flexibility index (Phi) is 5.02. The Hall–Kier alpha value is -3.56. The monoisotopic (exact) mass is 354 g/mol. The lowest BCUT2D eigenvalue weighted by Gasteiger charge is -2.11. The molecule has 3 aromatic rings. The zero-order chi connectivity index (χ0) is 18.5. The topological polar surface area (TPSA) is 125 Å². The van der Waals surface area contributed by atoms with E-state index in [-0.39, 0.29) is 24.1 Å². The number of carbonyl (C=O) groups is 1. The Bertz CT molecular complexity index is 894. The first-order valence-corrected chi connectivity index (χ1v) is 7.80. The lowest BCUT2D eigenvalue weighted by atomic mass is 10.2. The number of hydrogen-bond acceptors (Lipinski definition) is 9. The second kappa shape index (κ2) is 7.55. The number of nitrogen functional groups attached to an aromatic ring is 1. The molecule has 0 aliphatic rings. The van der Waals surface area contributed by atoms with Crippen molar-refractivity contribution >= 4 is 17.9 Å². The van der Waals surface area contributed by atoms with Crippen molar-refractivity contribution in [2.45, 2.75) is 13.2 Å². The van der Waals surface area contributed by atoms with E-state index in [2.05, 4.69) is 25.3 Å². The summed E-state index contributed by atoms with van der Waals surface area (Å²) < 4.78 is 6.75. The summed E-state index contributed by atoms with van der Waals surface area (Å²) in [4.78, 5) is 25.9. The van der Waals surface area contributed by atoms with Gasteiger partial charge in [-0.2, -0.15) is 15.0 Å². The lowest BCUT2D eigenvalue weighted by Crippen LogP contribution is -2.17. The molecule has 3 rings (SSSR count). The summed E-state index contributed by atoms with van der Waals surface area (Å²) in [6.45, 7) is 0.370. The van der Waals surface area contributed by atoms with Gasteiger partial charge < -0.3 is 15.4 Å². The molecule has 0 saturated carbocycles. The van der Waals surface area contributed by atoms with Gasteiger partial charge in [-0.25, -0.2) is 9.48 Å². The van der Waals surface area contributed by atoms with Crippen LogP contribution in [0.2, 0.25) is 0 Å². The van der Waals surface area contributed by atoms with Crippen molar-refractivity contribution in [2.75, 3.05) is 24.7 Å². The van der Waals surface area contributed by atoms with Crippen LogP contribution < -0.4 is 10.6 Å². The number of aromatic nitrogens is 6. The van der Waals surface area contributed by atoms with Crippen molar-refractivity contribution in [1.29, 1.82) is 0 Å². The molecule has 10 heteroatoms. The van der Waals surface area contributed by atoms with E-state index in [1.807, 2.05) is 30.3 Å². The minimum atomic E-state index is -0.616. The first kappa shape index (κ1) is 17.3. The fraction of sp³-hybridized carbons (Fsp3) is 0.250. The molecule has 1 aromatic carbocycles. The maximum absolute atomic E-state index is 12.1. The Labute approximate surface area is 149 Å². The molecular formula is C16H18N8O2. The smallest absolute Gasteiger partial charge is 0.360 e. The number of benzene rings is 1. The van der Waals surface area contributed by atoms with Crippen LogP contribution in [0.5, 0.6) is 0 Å². The third-order valence-electron chi connectivity index (χ3n) is 3.35. The van der Waals surface area contributed by atoms with Gasteiger partial charge in [0.05, 0.1) is 12.7 Å². The molecule has 0 spiro atoms. The summed E-state index contributed by atoms with van der Waals surface area (Å²) in [6.07, 6.45) is 1.53. The largest absolute Gasteiger partial charge is 0.453 e. The quantitative estimate of drug-likeness (QED) is 0.630. The first-order valence-electron chi connectivity index (χ1n) is 7.80. The Balaban J connectivity index is 1.62. The molecule has 2 aromatic heterocycles. The number of ether oxygens (including phenoxy) is 1. The number of hydrogen-bond donors (Lipinski definition) is 1. The van der Waals surface area contributed by atoms with E-state index in [4.69, 9.17) is 10.5 Å². The summed E-state index contributed by atoms with van der Waals surface area (Å²) in [7, 11) is 3.55. The molecule has 0 aliphatic carbocycles. The van der Waals surface area contributed by atoms with Crippen LogP contribution in [-0.4, -0.2) is 50.0 Å². The molecule has 10 nitrogen and oxygen atoms in total.